The molecule has 0 fully saturated rings. The van der Waals surface area contributed by atoms with Crippen LogP contribution < -0.4 is 9.62 Å². The lowest BCUT2D eigenvalue weighted by Crippen LogP contribution is -2.52. The lowest BCUT2D eigenvalue weighted by Gasteiger charge is -2.33. The summed E-state index contributed by atoms with van der Waals surface area (Å²) in [5.74, 6) is -0.847. The average Bonchev–Trinajstić information content (AvgIpc) is 2.85. The zero-order chi connectivity index (χ0) is 25.4. The van der Waals surface area contributed by atoms with Gasteiger partial charge < -0.3 is 10.2 Å². The van der Waals surface area contributed by atoms with Gasteiger partial charge in [-0.1, -0.05) is 72.3 Å². The molecule has 1 N–H and O–H groups in total. The number of nitrogens with one attached hydrogen (secondary N) is 1. The third-order valence-electron chi connectivity index (χ3n) is 5.51. The minimum absolute atomic E-state index is 0.104. The third-order valence-corrected chi connectivity index (χ3v) is 6.90. The van der Waals surface area contributed by atoms with Crippen molar-refractivity contribution in [2.45, 2.75) is 19.0 Å². The number of carbonyl (C=O) groups is 2. The Bertz CT molecular complexity index is 1240. The van der Waals surface area contributed by atoms with Crippen LogP contribution in [0.4, 0.5) is 5.69 Å². The summed E-state index contributed by atoms with van der Waals surface area (Å²) in [6.45, 7) is -0.341. The van der Waals surface area contributed by atoms with Crippen LogP contribution in [0.25, 0.3) is 0 Å². The number of nitrogens with zero attached hydrogens (tertiary/aromatic N) is 2. The highest BCUT2D eigenvalue weighted by Gasteiger charge is 2.32. The predicted molar refractivity (Wildman–Crippen MR) is 139 cm³/mol. The Labute approximate surface area is 211 Å². The van der Waals surface area contributed by atoms with Crippen molar-refractivity contribution in [1.82, 2.24) is 10.2 Å². The smallest absolute Gasteiger partial charge is 0.244 e. The van der Waals surface area contributed by atoms with Crippen LogP contribution in [0.5, 0.6) is 0 Å². The molecule has 35 heavy (non-hydrogen) atoms. The molecule has 0 aliphatic rings. The van der Waals surface area contributed by atoms with Gasteiger partial charge in [-0.2, -0.15) is 0 Å². The van der Waals surface area contributed by atoms with Crippen LogP contribution in [0.3, 0.4) is 0 Å². The second-order valence-corrected chi connectivity index (χ2v) is 10.4. The monoisotopic (exact) mass is 513 g/mol. The molecule has 7 nitrogen and oxygen atoms in total. The molecule has 0 aliphatic heterocycles. The van der Waals surface area contributed by atoms with Crippen molar-refractivity contribution in [3.63, 3.8) is 0 Å². The van der Waals surface area contributed by atoms with Gasteiger partial charge in [-0.15, -0.1) is 0 Å². The first-order chi connectivity index (χ1) is 16.7. The molecule has 0 heterocycles. The molecule has 0 saturated carbocycles. The van der Waals surface area contributed by atoms with E-state index in [9.17, 15) is 18.0 Å². The first-order valence-electron chi connectivity index (χ1n) is 11.0. The van der Waals surface area contributed by atoms with Gasteiger partial charge in [0.05, 0.1) is 11.9 Å². The van der Waals surface area contributed by atoms with Crippen LogP contribution in [-0.4, -0.2) is 51.0 Å². The lowest BCUT2D eigenvalue weighted by atomic mass is 10.0. The quantitative estimate of drug-likeness (QED) is 0.449. The number of halogens is 1. The van der Waals surface area contributed by atoms with E-state index in [0.717, 1.165) is 21.7 Å². The molecule has 0 aromatic heterocycles. The van der Waals surface area contributed by atoms with Crippen molar-refractivity contribution in [3.8, 4) is 0 Å². The Balaban J connectivity index is 2.00. The summed E-state index contributed by atoms with van der Waals surface area (Å²) in [6, 6.07) is 23.9. The SMILES string of the molecule is CNC(=O)[C@@H](Cc1ccccc1)N(Cc1ccc(Cl)cc1)C(=O)CN(c1ccccc1)S(C)(=O)=O. The van der Waals surface area contributed by atoms with Gasteiger partial charge in [0.1, 0.15) is 12.6 Å². The number of hydrogen-bond acceptors (Lipinski definition) is 4. The van der Waals surface area contributed by atoms with Crippen LogP contribution in [0.15, 0.2) is 84.9 Å². The van der Waals surface area contributed by atoms with Gasteiger partial charge in [0.15, 0.2) is 0 Å². The zero-order valence-corrected chi connectivity index (χ0v) is 21.2. The molecular weight excluding hydrogens is 486 g/mol. The summed E-state index contributed by atoms with van der Waals surface area (Å²) in [6.07, 6.45) is 1.32. The van der Waals surface area contributed by atoms with Gasteiger partial charge in [-0.3, -0.25) is 13.9 Å². The van der Waals surface area contributed by atoms with E-state index in [2.05, 4.69) is 5.32 Å². The summed E-state index contributed by atoms with van der Waals surface area (Å²) in [5.41, 5.74) is 2.00. The Morgan fingerprint density at radius 2 is 1.46 bits per heavy atom. The van der Waals surface area contributed by atoms with E-state index in [4.69, 9.17) is 11.6 Å². The summed E-state index contributed by atoms with van der Waals surface area (Å²) in [5, 5.41) is 3.19. The number of amides is 2. The van der Waals surface area contributed by atoms with Gasteiger partial charge in [-0.25, -0.2) is 8.42 Å². The fourth-order valence-electron chi connectivity index (χ4n) is 3.72. The molecule has 3 rings (SSSR count). The Kier molecular flexibility index (Phi) is 8.89. The predicted octanol–water partition coefficient (Wildman–Crippen LogP) is 3.49. The van der Waals surface area contributed by atoms with Crippen LogP contribution in [0.1, 0.15) is 11.1 Å². The van der Waals surface area contributed by atoms with Gasteiger partial charge >= 0.3 is 0 Å². The molecule has 0 radical (unpaired) electrons. The third kappa shape index (κ3) is 7.31. The number of hydrogen-bond donors (Lipinski definition) is 1. The molecule has 184 valence electrons. The summed E-state index contributed by atoms with van der Waals surface area (Å²) in [7, 11) is -2.26. The van der Waals surface area contributed by atoms with Gasteiger partial charge in [0, 0.05) is 25.0 Å². The van der Waals surface area contributed by atoms with Crippen LogP contribution in [-0.2, 0) is 32.6 Å². The van der Waals surface area contributed by atoms with E-state index < -0.39 is 28.5 Å². The summed E-state index contributed by atoms with van der Waals surface area (Å²) < 4.78 is 26.2. The van der Waals surface area contributed by atoms with E-state index >= 15 is 0 Å². The lowest BCUT2D eigenvalue weighted by molar-refractivity contribution is -0.139. The first-order valence-corrected chi connectivity index (χ1v) is 13.2. The van der Waals surface area contributed by atoms with Crippen LogP contribution in [0, 0.1) is 0 Å². The molecule has 0 aliphatic carbocycles. The normalized spacial score (nSPS) is 12.0. The Hall–Kier alpha value is -3.36. The Morgan fingerprint density at radius 3 is 2.00 bits per heavy atom. The van der Waals surface area contributed by atoms with Crippen molar-refractivity contribution in [3.05, 3.63) is 101 Å². The highest BCUT2D eigenvalue weighted by atomic mass is 35.5. The summed E-state index contributed by atoms with van der Waals surface area (Å²) >= 11 is 6.02. The van der Waals surface area contributed by atoms with E-state index in [-0.39, 0.29) is 18.9 Å². The van der Waals surface area contributed by atoms with Crippen LogP contribution in [0.2, 0.25) is 5.02 Å². The highest BCUT2D eigenvalue weighted by molar-refractivity contribution is 7.92. The molecule has 0 saturated heterocycles. The van der Waals surface area contributed by atoms with E-state index in [1.54, 1.807) is 54.6 Å². The molecule has 3 aromatic rings. The molecule has 1 atom stereocenters. The van der Waals surface area contributed by atoms with Gasteiger partial charge in [0.25, 0.3) is 0 Å². The maximum absolute atomic E-state index is 13.7. The number of anilines is 1. The maximum Gasteiger partial charge on any atom is 0.244 e. The van der Waals surface area contributed by atoms with Crippen molar-refractivity contribution >= 4 is 39.1 Å². The fourth-order valence-corrected chi connectivity index (χ4v) is 4.69. The highest BCUT2D eigenvalue weighted by Crippen LogP contribution is 2.20. The number of para-hydroxylation sites is 1. The molecule has 0 spiro atoms. The number of rotatable bonds is 10. The molecule has 9 heteroatoms. The van der Waals surface area contributed by atoms with Gasteiger partial charge in [0.2, 0.25) is 21.8 Å². The molecule has 0 unspecified atom stereocenters. The second-order valence-electron chi connectivity index (χ2n) is 8.07. The summed E-state index contributed by atoms with van der Waals surface area (Å²) in [4.78, 5) is 28.1. The molecule has 0 bridgehead atoms. The number of benzene rings is 3. The van der Waals surface area contributed by atoms with Crippen molar-refractivity contribution in [2.24, 2.45) is 0 Å². The minimum Gasteiger partial charge on any atom is -0.357 e. The average molecular weight is 514 g/mol. The van der Waals surface area contributed by atoms with E-state index in [0.29, 0.717) is 10.7 Å². The first kappa shape index (κ1) is 26.2. The zero-order valence-electron chi connectivity index (χ0n) is 19.6. The van der Waals surface area contributed by atoms with E-state index in [1.165, 1.54) is 11.9 Å². The topological polar surface area (TPSA) is 86.8 Å². The van der Waals surface area contributed by atoms with Crippen molar-refractivity contribution < 1.29 is 18.0 Å². The fraction of sp³-hybridized carbons (Fsp3) is 0.231. The molecular formula is C26H28ClN3O4S. The number of likely N-dealkylation sites (N-methyl/N-ethyl adjacent to an activating group) is 1. The number of sulfonamides is 1. The minimum atomic E-state index is -3.77. The van der Waals surface area contributed by atoms with Crippen molar-refractivity contribution in [2.75, 3.05) is 24.2 Å². The standard InChI is InChI=1S/C26H28ClN3O4S/c1-28-26(32)24(17-20-9-5-3-6-10-20)29(18-21-13-15-22(27)16-14-21)25(31)19-30(35(2,33)34)23-11-7-4-8-12-23/h3-16,24H,17-19H2,1-2H3,(H,28,32)/t24-/m1/s1. The number of carbonyl (C=O) groups excluding carboxylic acids is 2. The molecule has 2 amide bonds. The molecule has 3 aromatic carbocycles. The van der Waals surface area contributed by atoms with E-state index in [1.807, 2.05) is 30.3 Å². The van der Waals surface area contributed by atoms with Gasteiger partial charge in [-0.05, 0) is 35.4 Å². The Morgan fingerprint density at radius 1 is 0.886 bits per heavy atom. The largest absolute Gasteiger partial charge is 0.357 e. The van der Waals surface area contributed by atoms with Crippen molar-refractivity contribution in [1.29, 1.82) is 0 Å². The second kappa shape index (κ2) is 11.9. The maximum atomic E-state index is 13.7. The van der Waals surface area contributed by atoms with Crippen LogP contribution >= 0.6 is 11.6 Å².